The molecule has 0 spiro atoms. The second-order valence-electron chi connectivity index (χ2n) is 5.16. The predicted octanol–water partition coefficient (Wildman–Crippen LogP) is 2.50. The quantitative estimate of drug-likeness (QED) is 0.577. The molecule has 20 heavy (non-hydrogen) atoms. The predicted molar refractivity (Wildman–Crippen MR) is 75.2 cm³/mol. The van der Waals surface area contributed by atoms with Gasteiger partial charge in [-0.1, -0.05) is 6.92 Å². The average molecular weight is 285 g/mol. The first-order valence-corrected chi connectivity index (χ1v) is 7.58. The van der Waals surface area contributed by atoms with E-state index in [4.69, 9.17) is 24.2 Å². The minimum absolute atomic E-state index is 0.0643. The maximum atomic E-state index is 9.07. The van der Waals surface area contributed by atoms with Crippen LogP contribution in [0.5, 0.6) is 0 Å². The van der Waals surface area contributed by atoms with Crippen molar-refractivity contribution in [2.24, 2.45) is 5.92 Å². The van der Waals surface area contributed by atoms with Gasteiger partial charge < -0.3 is 18.9 Å². The Kier molecular flexibility index (Phi) is 9.60. The number of rotatable bonds is 10. The molecule has 1 fully saturated rings. The summed E-state index contributed by atoms with van der Waals surface area (Å²) in [6, 6.07) is 2.18. The van der Waals surface area contributed by atoms with E-state index in [2.05, 4.69) is 13.0 Å². The lowest BCUT2D eigenvalue weighted by Crippen LogP contribution is -2.26. The standard InChI is InChI=1S/C15H27NO4/c1-3-17-8-9-18-14(11-16)10-13(2)12-20-15-6-4-5-7-19-15/h13-15H,3-10,12H2,1-2H3/t13-,14?,15?/m1/s1. The molecule has 1 aliphatic rings. The highest BCUT2D eigenvalue weighted by Gasteiger charge is 2.18. The van der Waals surface area contributed by atoms with Crippen LogP contribution in [0, 0.1) is 17.2 Å². The van der Waals surface area contributed by atoms with E-state index in [0.29, 0.717) is 32.8 Å². The van der Waals surface area contributed by atoms with Gasteiger partial charge in [0.25, 0.3) is 0 Å². The fraction of sp³-hybridized carbons (Fsp3) is 0.933. The molecule has 0 aromatic rings. The molecule has 0 saturated carbocycles. The van der Waals surface area contributed by atoms with Crippen LogP contribution in [0.25, 0.3) is 0 Å². The van der Waals surface area contributed by atoms with Crippen LogP contribution in [0.3, 0.4) is 0 Å². The number of nitrogens with zero attached hydrogens (tertiary/aromatic N) is 1. The Morgan fingerprint density at radius 1 is 1.35 bits per heavy atom. The van der Waals surface area contributed by atoms with E-state index in [1.807, 2.05) is 6.92 Å². The first kappa shape index (κ1) is 17.4. The fourth-order valence-corrected chi connectivity index (χ4v) is 2.10. The molecule has 1 saturated heterocycles. The Morgan fingerprint density at radius 3 is 2.85 bits per heavy atom. The molecular weight excluding hydrogens is 258 g/mol. The molecule has 5 nitrogen and oxygen atoms in total. The third-order valence-corrected chi connectivity index (χ3v) is 3.22. The average Bonchev–Trinajstić information content (AvgIpc) is 2.49. The molecule has 5 heteroatoms. The van der Waals surface area contributed by atoms with Crippen LogP contribution in [0.15, 0.2) is 0 Å². The summed E-state index contributed by atoms with van der Waals surface area (Å²) < 4.78 is 21.9. The van der Waals surface area contributed by atoms with Gasteiger partial charge in [-0.3, -0.25) is 0 Å². The molecule has 0 N–H and O–H groups in total. The Balaban J connectivity index is 2.11. The molecule has 0 amide bonds. The van der Waals surface area contributed by atoms with Gasteiger partial charge in [-0.15, -0.1) is 0 Å². The summed E-state index contributed by atoms with van der Waals surface area (Å²) in [7, 11) is 0. The van der Waals surface area contributed by atoms with E-state index in [0.717, 1.165) is 19.4 Å². The summed E-state index contributed by atoms with van der Waals surface area (Å²) in [6.07, 6.45) is 3.49. The van der Waals surface area contributed by atoms with Gasteiger partial charge in [0.05, 0.1) is 25.9 Å². The minimum Gasteiger partial charge on any atom is -0.379 e. The summed E-state index contributed by atoms with van der Waals surface area (Å²) in [4.78, 5) is 0. The van der Waals surface area contributed by atoms with Gasteiger partial charge >= 0.3 is 0 Å². The topological polar surface area (TPSA) is 60.7 Å². The molecule has 116 valence electrons. The molecule has 0 aromatic heterocycles. The highest BCUT2D eigenvalue weighted by Crippen LogP contribution is 2.16. The zero-order valence-corrected chi connectivity index (χ0v) is 12.7. The van der Waals surface area contributed by atoms with Crippen molar-refractivity contribution in [3.63, 3.8) is 0 Å². The van der Waals surface area contributed by atoms with Gasteiger partial charge in [-0.2, -0.15) is 5.26 Å². The Hall–Kier alpha value is -0.670. The molecule has 1 aliphatic heterocycles. The lowest BCUT2D eigenvalue weighted by molar-refractivity contribution is -0.169. The van der Waals surface area contributed by atoms with E-state index < -0.39 is 0 Å². The van der Waals surface area contributed by atoms with Crippen molar-refractivity contribution in [1.29, 1.82) is 5.26 Å². The second-order valence-corrected chi connectivity index (χ2v) is 5.16. The Labute approximate surface area is 122 Å². The largest absolute Gasteiger partial charge is 0.379 e. The fourth-order valence-electron chi connectivity index (χ4n) is 2.10. The molecule has 2 unspecified atom stereocenters. The van der Waals surface area contributed by atoms with Crippen molar-refractivity contribution < 1.29 is 18.9 Å². The highest BCUT2D eigenvalue weighted by molar-refractivity contribution is 4.85. The van der Waals surface area contributed by atoms with Gasteiger partial charge in [-0.05, 0) is 38.5 Å². The first-order chi connectivity index (χ1) is 9.76. The maximum absolute atomic E-state index is 9.07. The highest BCUT2D eigenvalue weighted by atomic mass is 16.7. The third kappa shape index (κ3) is 7.81. The van der Waals surface area contributed by atoms with E-state index >= 15 is 0 Å². The van der Waals surface area contributed by atoms with Gasteiger partial charge in [0.2, 0.25) is 0 Å². The number of ether oxygens (including phenoxy) is 4. The molecule has 0 aliphatic carbocycles. The molecule has 0 bridgehead atoms. The van der Waals surface area contributed by atoms with Crippen LogP contribution in [0.1, 0.15) is 39.5 Å². The molecule has 3 atom stereocenters. The van der Waals surface area contributed by atoms with Crippen LogP contribution >= 0.6 is 0 Å². The van der Waals surface area contributed by atoms with Crippen molar-refractivity contribution in [3.05, 3.63) is 0 Å². The van der Waals surface area contributed by atoms with E-state index in [1.54, 1.807) is 0 Å². The summed E-state index contributed by atoms with van der Waals surface area (Å²) >= 11 is 0. The summed E-state index contributed by atoms with van der Waals surface area (Å²) in [6.45, 7) is 7.08. The van der Waals surface area contributed by atoms with Crippen LogP contribution in [-0.4, -0.2) is 45.4 Å². The van der Waals surface area contributed by atoms with Gasteiger partial charge in [0.15, 0.2) is 6.29 Å². The van der Waals surface area contributed by atoms with Crippen LogP contribution in [0.4, 0.5) is 0 Å². The SMILES string of the molecule is CCOCCOC(C#N)C[C@@H](C)COC1CCCCO1. The van der Waals surface area contributed by atoms with Crippen molar-refractivity contribution >= 4 is 0 Å². The van der Waals surface area contributed by atoms with Gasteiger partial charge in [0, 0.05) is 13.2 Å². The monoisotopic (exact) mass is 285 g/mol. The molecule has 0 radical (unpaired) electrons. The lowest BCUT2D eigenvalue weighted by Gasteiger charge is -2.24. The summed E-state index contributed by atoms with van der Waals surface area (Å²) in [5.41, 5.74) is 0. The zero-order valence-electron chi connectivity index (χ0n) is 12.7. The van der Waals surface area contributed by atoms with Crippen LogP contribution in [-0.2, 0) is 18.9 Å². The van der Waals surface area contributed by atoms with E-state index in [-0.39, 0.29) is 18.3 Å². The van der Waals surface area contributed by atoms with E-state index in [9.17, 15) is 0 Å². The molecule has 0 aromatic carbocycles. The number of nitriles is 1. The normalized spacial score (nSPS) is 22.1. The second kappa shape index (κ2) is 11.0. The lowest BCUT2D eigenvalue weighted by atomic mass is 10.1. The van der Waals surface area contributed by atoms with Crippen LogP contribution < -0.4 is 0 Å². The van der Waals surface area contributed by atoms with Gasteiger partial charge in [-0.25, -0.2) is 0 Å². The Bertz CT molecular complexity index is 274. The molecule has 1 heterocycles. The summed E-state index contributed by atoms with van der Waals surface area (Å²) in [5, 5.41) is 9.07. The number of hydrogen-bond donors (Lipinski definition) is 0. The van der Waals surface area contributed by atoms with Crippen molar-refractivity contribution in [3.8, 4) is 6.07 Å². The molecular formula is C15H27NO4. The third-order valence-electron chi connectivity index (χ3n) is 3.22. The first-order valence-electron chi connectivity index (χ1n) is 7.58. The van der Waals surface area contributed by atoms with E-state index in [1.165, 1.54) is 6.42 Å². The van der Waals surface area contributed by atoms with Crippen molar-refractivity contribution in [1.82, 2.24) is 0 Å². The number of hydrogen-bond acceptors (Lipinski definition) is 5. The van der Waals surface area contributed by atoms with Gasteiger partial charge in [0.1, 0.15) is 6.10 Å². The molecule has 1 rings (SSSR count). The minimum atomic E-state index is -0.388. The summed E-state index contributed by atoms with van der Waals surface area (Å²) in [5.74, 6) is 0.275. The maximum Gasteiger partial charge on any atom is 0.157 e. The zero-order chi connectivity index (χ0) is 14.6. The smallest absolute Gasteiger partial charge is 0.157 e. The van der Waals surface area contributed by atoms with Crippen molar-refractivity contribution in [2.75, 3.05) is 33.0 Å². The Morgan fingerprint density at radius 2 is 2.20 bits per heavy atom. The van der Waals surface area contributed by atoms with Crippen molar-refractivity contribution in [2.45, 2.75) is 51.9 Å². The van der Waals surface area contributed by atoms with Crippen LogP contribution in [0.2, 0.25) is 0 Å².